The van der Waals surface area contributed by atoms with Crippen LogP contribution in [0.4, 0.5) is 5.69 Å². The van der Waals surface area contributed by atoms with E-state index >= 15 is 0 Å². The highest BCUT2D eigenvalue weighted by atomic mass is 33.1. The maximum Gasteiger partial charge on any atom is 0.0646 e. The van der Waals surface area contributed by atoms with Gasteiger partial charge in [0.1, 0.15) is 0 Å². The zero-order valence-electron chi connectivity index (χ0n) is 9.50. The van der Waals surface area contributed by atoms with Gasteiger partial charge in [-0.3, -0.25) is 0 Å². The Morgan fingerprint density at radius 2 is 1.87 bits per heavy atom. The molecule has 0 spiro atoms. The van der Waals surface area contributed by atoms with Gasteiger partial charge in [0, 0.05) is 10.6 Å². The van der Waals surface area contributed by atoms with Gasteiger partial charge < -0.3 is 10.3 Å². The Morgan fingerprint density at radius 1 is 1.27 bits per heavy atom. The highest BCUT2D eigenvalue weighted by Gasteiger charge is 2.19. The predicted molar refractivity (Wildman–Crippen MR) is 70.4 cm³/mol. The van der Waals surface area contributed by atoms with Crippen molar-refractivity contribution in [2.45, 2.75) is 38.0 Å². The Kier molecular flexibility index (Phi) is 3.98. The molecule has 1 aromatic rings. The Morgan fingerprint density at radius 3 is 2.33 bits per heavy atom. The molecule has 0 atom stereocenters. The summed E-state index contributed by atoms with van der Waals surface area (Å²) in [6, 6.07) is 4.04. The summed E-state index contributed by atoms with van der Waals surface area (Å²) in [4.78, 5) is 1.08. The second kappa shape index (κ2) is 4.68. The van der Waals surface area contributed by atoms with E-state index < -0.39 is 0 Å². The average Bonchev–Trinajstić information content (AvgIpc) is 2.09. The van der Waals surface area contributed by atoms with E-state index in [4.69, 9.17) is 10.3 Å². The van der Waals surface area contributed by atoms with E-state index in [0.717, 1.165) is 27.2 Å². The van der Waals surface area contributed by atoms with E-state index in [2.05, 4.69) is 20.8 Å². The molecule has 2 nitrogen and oxygen atoms in total. The van der Waals surface area contributed by atoms with Crippen LogP contribution in [0.5, 0.6) is 0 Å². The average molecular weight is 243 g/mol. The first-order valence-corrected chi connectivity index (χ1v) is 6.85. The second-order valence-electron chi connectivity index (χ2n) is 4.61. The molecule has 0 aliphatic heterocycles. The minimum atomic E-state index is 0.0416. The number of benzene rings is 1. The fourth-order valence-corrected chi connectivity index (χ4v) is 2.81. The van der Waals surface area contributed by atoms with Gasteiger partial charge in [-0.15, -0.1) is 0 Å². The van der Waals surface area contributed by atoms with Crippen LogP contribution in [-0.2, 0) is 5.41 Å². The first kappa shape index (κ1) is 12.7. The normalized spacial score (nSPS) is 11.8. The van der Waals surface area contributed by atoms with Gasteiger partial charge in [0.15, 0.2) is 0 Å². The summed E-state index contributed by atoms with van der Waals surface area (Å²) >= 11 is 0.775. The molecule has 0 fully saturated rings. The first-order valence-electron chi connectivity index (χ1n) is 4.75. The van der Waals surface area contributed by atoms with Crippen molar-refractivity contribution in [1.29, 1.82) is 0 Å². The monoisotopic (exact) mass is 243 g/mol. The number of hydrogen-bond donors (Lipinski definition) is 2. The summed E-state index contributed by atoms with van der Waals surface area (Å²) in [6.45, 7) is 8.41. The lowest BCUT2D eigenvalue weighted by Gasteiger charge is -2.23. The lowest BCUT2D eigenvalue weighted by atomic mass is 9.86. The van der Waals surface area contributed by atoms with Gasteiger partial charge in [0.05, 0.1) is 11.1 Å². The third-order valence-corrected chi connectivity index (χ3v) is 3.66. The number of anilines is 1. The maximum absolute atomic E-state index is 8.92. The Bertz CT molecular complexity index is 358. The van der Waals surface area contributed by atoms with Crippen LogP contribution >= 0.6 is 21.9 Å². The fourth-order valence-electron chi connectivity index (χ4n) is 1.39. The molecule has 0 aromatic heterocycles. The molecule has 0 unspecified atom stereocenters. The molecule has 0 aliphatic rings. The van der Waals surface area contributed by atoms with Crippen molar-refractivity contribution in [1.82, 2.24) is 0 Å². The van der Waals surface area contributed by atoms with E-state index in [1.54, 1.807) is 0 Å². The molecule has 0 heterocycles. The SMILES string of the molecule is Cc1cc(SSO)c(C(C)(C)C)cc1N. The number of nitrogens with two attached hydrogens (primary N) is 1. The van der Waals surface area contributed by atoms with E-state index in [9.17, 15) is 0 Å². The zero-order chi connectivity index (χ0) is 11.6. The van der Waals surface area contributed by atoms with Crippen LogP contribution in [0.25, 0.3) is 0 Å². The molecule has 15 heavy (non-hydrogen) atoms. The lowest BCUT2D eigenvalue weighted by Crippen LogP contribution is -2.13. The molecule has 0 aliphatic carbocycles. The number of rotatable bonds is 2. The van der Waals surface area contributed by atoms with Crippen LogP contribution in [0.1, 0.15) is 31.9 Å². The molecular formula is C11H17NOS2. The predicted octanol–water partition coefficient (Wildman–Crippen LogP) is 4.09. The number of hydrogen-bond acceptors (Lipinski definition) is 4. The third kappa shape index (κ3) is 3.06. The molecule has 0 radical (unpaired) electrons. The lowest BCUT2D eigenvalue weighted by molar-refractivity contribution is 0.578. The smallest absolute Gasteiger partial charge is 0.0646 e. The van der Waals surface area contributed by atoms with Gasteiger partial charge in [-0.05, 0) is 46.4 Å². The van der Waals surface area contributed by atoms with Crippen molar-refractivity contribution in [2.75, 3.05) is 5.73 Å². The molecule has 3 N–H and O–H groups in total. The molecule has 0 bridgehead atoms. The van der Waals surface area contributed by atoms with Crippen LogP contribution in [-0.4, -0.2) is 4.55 Å². The molecule has 1 aromatic carbocycles. The van der Waals surface area contributed by atoms with Crippen molar-refractivity contribution in [2.24, 2.45) is 0 Å². The summed E-state index contributed by atoms with van der Waals surface area (Å²) in [7, 11) is 1.37. The van der Waals surface area contributed by atoms with Crippen molar-refractivity contribution in [3.63, 3.8) is 0 Å². The van der Waals surface area contributed by atoms with Gasteiger partial charge in [-0.25, -0.2) is 0 Å². The Hall–Kier alpha value is -0.320. The molecule has 84 valence electrons. The minimum Gasteiger partial charge on any atom is -0.399 e. The van der Waals surface area contributed by atoms with Gasteiger partial charge >= 0.3 is 0 Å². The van der Waals surface area contributed by atoms with Crippen molar-refractivity contribution >= 4 is 27.6 Å². The van der Waals surface area contributed by atoms with Crippen LogP contribution in [0.2, 0.25) is 0 Å². The zero-order valence-corrected chi connectivity index (χ0v) is 11.1. The fraction of sp³-hybridized carbons (Fsp3) is 0.455. The van der Waals surface area contributed by atoms with Gasteiger partial charge in [-0.2, -0.15) is 0 Å². The molecule has 0 amide bonds. The summed E-state index contributed by atoms with van der Waals surface area (Å²) in [5.41, 5.74) is 8.99. The van der Waals surface area contributed by atoms with Gasteiger partial charge in [-0.1, -0.05) is 20.8 Å². The summed E-state index contributed by atoms with van der Waals surface area (Å²) in [5, 5.41) is 0. The molecular weight excluding hydrogens is 226 g/mol. The quantitative estimate of drug-likeness (QED) is 0.466. The molecule has 4 heteroatoms. The van der Waals surface area contributed by atoms with E-state index in [1.807, 2.05) is 19.1 Å². The first-order chi connectivity index (χ1) is 6.86. The van der Waals surface area contributed by atoms with Crippen molar-refractivity contribution in [3.05, 3.63) is 23.3 Å². The summed E-state index contributed by atoms with van der Waals surface area (Å²) < 4.78 is 8.92. The van der Waals surface area contributed by atoms with Gasteiger partial charge in [0.2, 0.25) is 0 Å². The topological polar surface area (TPSA) is 46.2 Å². The largest absolute Gasteiger partial charge is 0.399 e. The molecule has 1 rings (SSSR count). The molecule has 0 saturated heterocycles. The van der Waals surface area contributed by atoms with Crippen LogP contribution in [0.3, 0.4) is 0 Å². The summed E-state index contributed by atoms with van der Waals surface area (Å²) in [5.74, 6) is 0. The molecule has 0 saturated carbocycles. The third-order valence-electron chi connectivity index (χ3n) is 2.30. The Labute approximate surface area is 99.2 Å². The van der Waals surface area contributed by atoms with Crippen molar-refractivity contribution in [3.8, 4) is 0 Å². The highest BCUT2D eigenvalue weighted by molar-refractivity contribution is 8.74. The van der Waals surface area contributed by atoms with E-state index in [1.165, 1.54) is 16.4 Å². The van der Waals surface area contributed by atoms with E-state index in [0.29, 0.717) is 0 Å². The second-order valence-corrected chi connectivity index (χ2v) is 6.32. The highest BCUT2D eigenvalue weighted by Crippen LogP contribution is 2.39. The van der Waals surface area contributed by atoms with E-state index in [-0.39, 0.29) is 5.41 Å². The van der Waals surface area contributed by atoms with Crippen LogP contribution in [0, 0.1) is 6.92 Å². The standard InChI is InChI=1S/C11H17NOS2/c1-7-5-10(14-15-13)8(6-9(7)12)11(2,3)4/h5-6,13H,12H2,1-4H3. The summed E-state index contributed by atoms with van der Waals surface area (Å²) in [6.07, 6.45) is 0. The number of nitrogen functional groups attached to an aromatic ring is 1. The minimum absolute atomic E-state index is 0.0416. The Balaban J connectivity index is 3.28. The van der Waals surface area contributed by atoms with Gasteiger partial charge in [0.25, 0.3) is 0 Å². The maximum atomic E-state index is 8.92. The van der Waals surface area contributed by atoms with Crippen molar-refractivity contribution < 1.29 is 4.55 Å². The van der Waals surface area contributed by atoms with Crippen LogP contribution in [0.15, 0.2) is 17.0 Å². The number of aryl methyl sites for hydroxylation is 1. The van der Waals surface area contributed by atoms with Crippen LogP contribution < -0.4 is 5.73 Å².